The van der Waals surface area contributed by atoms with Crippen LogP contribution in [0, 0.1) is 0 Å². The summed E-state index contributed by atoms with van der Waals surface area (Å²) in [4.78, 5) is 13.8. The van der Waals surface area contributed by atoms with E-state index in [2.05, 4.69) is 0 Å². The van der Waals surface area contributed by atoms with Gasteiger partial charge in [0.15, 0.2) is 11.5 Å². The van der Waals surface area contributed by atoms with E-state index in [9.17, 15) is 4.79 Å². The zero-order chi connectivity index (χ0) is 14.4. The summed E-state index contributed by atoms with van der Waals surface area (Å²) < 4.78 is 15.7. The van der Waals surface area contributed by atoms with Gasteiger partial charge in [0.05, 0.1) is 26.9 Å². The van der Waals surface area contributed by atoms with Crippen LogP contribution in [-0.4, -0.2) is 52.3 Å². The summed E-state index contributed by atoms with van der Waals surface area (Å²) in [5.74, 6) is 1.09. The fourth-order valence-electron chi connectivity index (χ4n) is 1.77. The SMILES string of the molecule is COc1ccc(C(=O)N(C)CCN)c(OC)c1OC. The summed E-state index contributed by atoms with van der Waals surface area (Å²) >= 11 is 0. The van der Waals surface area contributed by atoms with Gasteiger partial charge in [-0.25, -0.2) is 0 Å². The summed E-state index contributed by atoms with van der Waals surface area (Å²) in [7, 11) is 6.19. The number of amides is 1. The Morgan fingerprint density at radius 2 is 1.79 bits per heavy atom. The van der Waals surface area contributed by atoms with Crippen molar-refractivity contribution in [1.82, 2.24) is 4.90 Å². The van der Waals surface area contributed by atoms with E-state index in [0.717, 1.165) is 0 Å². The first-order chi connectivity index (χ1) is 9.10. The number of carbonyl (C=O) groups excluding carboxylic acids is 1. The zero-order valence-corrected chi connectivity index (χ0v) is 11.7. The number of benzene rings is 1. The third-order valence-corrected chi connectivity index (χ3v) is 2.75. The Hall–Kier alpha value is -1.95. The molecule has 0 aliphatic heterocycles. The van der Waals surface area contributed by atoms with Gasteiger partial charge < -0.3 is 24.8 Å². The van der Waals surface area contributed by atoms with Crippen molar-refractivity contribution in [3.63, 3.8) is 0 Å². The third kappa shape index (κ3) is 3.08. The second-order valence-electron chi connectivity index (χ2n) is 3.90. The third-order valence-electron chi connectivity index (χ3n) is 2.75. The van der Waals surface area contributed by atoms with E-state index >= 15 is 0 Å². The number of nitrogens with zero attached hydrogens (tertiary/aromatic N) is 1. The van der Waals surface area contributed by atoms with E-state index in [-0.39, 0.29) is 5.91 Å². The van der Waals surface area contributed by atoms with Gasteiger partial charge in [-0.2, -0.15) is 0 Å². The van der Waals surface area contributed by atoms with Crippen LogP contribution in [-0.2, 0) is 0 Å². The lowest BCUT2D eigenvalue weighted by molar-refractivity contribution is 0.0795. The number of likely N-dealkylation sites (N-methyl/N-ethyl adjacent to an activating group) is 1. The molecule has 0 fully saturated rings. The summed E-state index contributed by atoms with van der Waals surface area (Å²) in [6.07, 6.45) is 0. The molecule has 1 amide bonds. The highest BCUT2D eigenvalue weighted by molar-refractivity contribution is 5.98. The fourth-order valence-corrected chi connectivity index (χ4v) is 1.77. The van der Waals surface area contributed by atoms with Gasteiger partial charge in [0.2, 0.25) is 5.75 Å². The molecule has 1 aromatic rings. The molecule has 19 heavy (non-hydrogen) atoms. The highest BCUT2D eigenvalue weighted by atomic mass is 16.5. The van der Waals surface area contributed by atoms with E-state index in [0.29, 0.717) is 35.9 Å². The predicted octanol–water partition coefficient (Wildman–Crippen LogP) is 0.743. The predicted molar refractivity (Wildman–Crippen MR) is 72.1 cm³/mol. The Kier molecular flexibility index (Phi) is 5.44. The Morgan fingerprint density at radius 3 is 2.26 bits per heavy atom. The molecular weight excluding hydrogens is 248 g/mol. The number of nitrogens with two attached hydrogens (primary N) is 1. The van der Waals surface area contributed by atoms with Crippen LogP contribution in [0.25, 0.3) is 0 Å². The molecule has 1 aromatic carbocycles. The summed E-state index contributed by atoms with van der Waals surface area (Å²) in [6.45, 7) is 0.869. The average molecular weight is 268 g/mol. The number of rotatable bonds is 6. The number of hydrogen-bond donors (Lipinski definition) is 1. The molecule has 106 valence electrons. The standard InChI is InChI=1S/C13H20N2O4/c1-15(8-7-14)13(16)9-5-6-10(17-2)12(19-4)11(9)18-3/h5-6H,7-8,14H2,1-4H3. The van der Waals surface area contributed by atoms with Gasteiger partial charge in [0.25, 0.3) is 5.91 Å². The Morgan fingerprint density at radius 1 is 1.16 bits per heavy atom. The first kappa shape index (κ1) is 15.1. The lowest BCUT2D eigenvalue weighted by atomic mass is 10.1. The van der Waals surface area contributed by atoms with Crippen molar-refractivity contribution in [1.29, 1.82) is 0 Å². The Labute approximate surface area is 113 Å². The fraction of sp³-hybridized carbons (Fsp3) is 0.462. The van der Waals surface area contributed by atoms with Gasteiger partial charge in [-0.3, -0.25) is 4.79 Å². The molecule has 6 nitrogen and oxygen atoms in total. The van der Waals surface area contributed by atoms with Crippen LogP contribution in [0.5, 0.6) is 17.2 Å². The monoisotopic (exact) mass is 268 g/mol. The van der Waals surface area contributed by atoms with Gasteiger partial charge in [-0.1, -0.05) is 0 Å². The molecule has 0 atom stereocenters. The van der Waals surface area contributed by atoms with Crippen molar-refractivity contribution >= 4 is 5.91 Å². The van der Waals surface area contributed by atoms with Gasteiger partial charge >= 0.3 is 0 Å². The van der Waals surface area contributed by atoms with Crippen LogP contribution < -0.4 is 19.9 Å². The molecule has 0 saturated carbocycles. The van der Waals surface area contributed by atoms with Gasteiger partial charge in [-0.15, -0.1) is 0 Å². The molecule has 0 bridgehead atoms. The molecule has 0 radical (unpaired) electrons. The first-order valence-electron chi connectivity index (χ1n) is 5.85. The zero-order valence-electron chi connectivity index (χ0n) is 11.7. The van der Waals surface area contributed by atoms with Gasteiger partial charge in [0, 0.05) is 20.1 Å². The van der Waals surface area contributed by atoms with Crippen molar-refractivity contribution in [3.8, 4) is 17.2 Å². The quantitative estimate of drug-likeness (QED) is 0.824. The highest BCUT2D eigenvalue weighted by Crippen LogP contribution is 2.39. The Balaban J connectivity index is 3.24. The number of methoxy groups -OCH3 is 3. The smallest absolute Gasteiger partial charge is 0.257 e. The second-order valence-corrected chi connectivity index (χ2v) is 3.90. The van der Waals surface area contributed by atoms with Crippen LogP contribution in [0.3, 0.4) is 0 Å². The maximum absolute atomic E-state index is 12.3. The lowest BCUT2D eigenvalue weighted by Crippen LogP contribution is -2.32. The van der Waals surface area contributed by atoms with Crippen LogP contribution in [0.2, 0.25) is 0 Å². The van der Waals surface area contributed by atoms with Gasteiger partial charge in [-0.05, 0) is 12.1 Å². The molecule has 1 rings (SSSR count). The number of hydrogen-bond acceptors (Lipinski definition) is 5. The molecule has 0 aromatic heterocycles. The first-order valence-corrected chi connectivity index (χ1v) is 5.85. The van der Waals surface area contributed by atoms with Gasteiger partial charge in [0.1, 0.15) is 0 Å². The van der Waals surface area contributed by atoms with E-state index < -0.39 is 0 Å². The summed E-state index contributed by atoms with van der Waals surface area (Å²) in [6, 6.07) is 3.32. The van der Waals surface area contributed by atoms with Crippen LogP contribution in [0.1, 0.15) is 10.4 Å². The minimum Gasteiger partial charge on any atom is -0.493 e. The van der Waals surface area contributed by atoms with E-state index in [1.807, 2.05) is 0 Å². The largest absolute Gasteiger partial charge is 0.493 e. The second kappa shape index (κ2) is 6.84. The molecule has 2 N–H and O–H groups in total. The molecule has 0 unspecified atom stereocenters. The minimum atomic E-state index is -0.178. The molecule has 0 heterocycles. The van der Waals surface area contributed by atoms with Crippen molar-refractivity contribution in [2.24, 2.45) is 5.73 Å². The van der Waals surface area contributed by atoms with Crippen LogP contribution in [0.15, 0.2) is 12.1 Å². The molecule has 0 saturated heterocycles. The normalized spacial score (nSPS) is 9.95. The molecular formula is C13H20N2O4. The van der Waals surface area contributed by atoms with Crippen LogP contribution >= 0.6 is 0 Å². The highest BCUT2D eigenvalue weighted by Gasteiger charge is 2.22. The van der Waals surface area contributed by atoms with E-state index in [4.69, 9.17) is 19.9 Å². The number of ether oxygens (including phenoxy) is 3. The van der Waals surface area contributed by atoms with Crippen molar-refractivity contribution in [2.45, 2.75) is 0 Å². The van der Waals surface area contributed by atoms with Crippen LogP contribution in [0.4, 0.5) is 0 Å². The van der Waals surface area contributed by atoms with E-state index in [1.165, 1.54) is 26.2 Å². The maximum Gasteiger partial charge on any atom is 0.257 e. The minimum absolute atomic E-state index is 0.178. The maximum atomic E-state index is 12.3. The molecule has 0 aliphatic rings. The van der Waals surface area contributed by atoms with E-state index in [1.54, 1.807) is 19.2 Å². The van der Waals surface area contributed by atoms with Crippen molar-refractivity contribution in [2.75, 3.05) is 41.5 Å². The summed E-state index contributed by atoms with van der Waals surface area (Å²) in [5, 5.41) is 0. The average Bonchev–Trinajstić information content (AvgIpc) is 2.44. The Bertz CT molecular complexity index is 449. The number of carbonyl (C=O) groups is 1. The van der Waals surface area contributed by atoms with Crippen molar-refractivity contribution in [3.05, 3.63) is 17.7 Å². The lowest BCUT2D eigenvalue weighted by Gasteiger charge is -2.20. The molecule has 6 heteroatoms. The summed E-state index contributed by atoms with van der Waals surface area (Å²) in [5.41, 5.74) is 5.86. The molecule has 0 spiro atoms. The molecule has 0 aliphatic carbocycles. The topological polar surface area (TPSA) is 74.0 Å². The van der Waals surface area contributed by atoms with Crippen molar-refractivity contribution < 1.29 is 19.0 Å².